The van der Waals surface area contributed by atoms with Gasteiger partial charge in [0, 0.05) is 27.6 Å². The summed E-state index contributed by atoms with van der Waals surface area (Å²) in [7, 11) is 0. The van der Waals surface area contributed by atoms with E-state index in [2.05, 4.69) is 32.6 Å². The molecule has 0 amide bonds. The highest BCUT2D eigenvalue weighted by Gasteiger charge is 2.16. The van der Waals surface area contributed by atoms with Crippen LogP contribution in [0.4, 0.5) is 0 Å². The highest BCUT2D eigenvalue weighted by molar-refractivity contribution is 9.10. The minimum absolute atomic E-state index is 0.0422. The molecule has 2 aromatic carbocycles. The predicted molar refractivity (Wildman–Crippen MR) is 91.3 cm³/mol. The molecule has 0 spiro atoms. The molecule has 3 nitrogen and oxygen atoms in total. The van der Waals surface area contributed by atoms with Gasteiger partial charge in [-0.1, -0.05) is 46.3 Å². The zero-order chi connectivity index (χ0) is 15.7. The van der Waals surface area contributed by atoms with Crippen LogP contribution in [-0.4, -0.2) is 15.6 Å². The predicted octanol–water partition coefficient (Wildman–Crippen LogP) is 4.39. The van der Waals surface area contributed by atoms with E-state index in [9.17, 15) is 9.90 Å². The van der Waals surface area contributed by atoms with Crippen molar-refractivity contribution in [2.24, 2.45) is 0 Å². The second kappa shape index (κ2) is 5.97. The van der Waals surface area contributed by atoms with Crippen LogP contribution >= 0.6 is 15.9 Å². The van der Waals surface area contributed by atoms with Gasteiger partial charge in [-0.25, -0.2) is 0 Å². The van der Waals surface area contributed by atoms with Crippen LogP contribution in [0.25, 0.3) is 10.9 Å². The van der Waals surface area contributed by atoms with Crippen molar-refractivity contribution in [3.8, 4) is 0 Å². The lowest BCUT2D eigenvalue weighted by Crippen LogP contribution is -2.05. The molecule has 0 radical (unpaired) electrons. The summed E-state index contributed by atoms with van der Waals surface area (Å²) in [5.74, 6) is -0.804. The minimum Gasteiger partial charge on any atom is -0.481 e. The molecule has 0 bridgehead atoms. The van der Waals surface area contributed by atoms with Crippen molar-refractivity contribution < 1.29 is 9.90 Å². The Morgan fingerprint density at radius 1 is 1.18 bits per heavy atom. The molecule has 0 aliphatic carbocycles. The molecular weight excluding hydrogens is 342 g/mol. The number of nitrogens with zero attached hydrogens (tertiary/aromatic N) is 1. The van der Waals surface area contributed by atoms with Crippen LogP contribution in [0.2, 0.25) is 0 Å². The average Bonchev–Trinajstić information content (AvgIpc) is 2.73. The van der Waals surface area contributed by atoms with E-state index in [1.807, 2.05) is 43.3 Å². The van der Waals surface area contributed by atoms with Crippen LogP contribution in [0.3, 0.4) is 0 Å². The summed E-state index contributed by atoms with van der Waals surface area (Å²) in [6.45, 7) is 2.74. The number of hydrogen-bond acceptors (Lipinski definition) is 1. The first-order valence-electron chi connectivity index (χ1n) is 7.09. The van der Waals surface area contributed by atoms with E-state index in [-0.39, 0.29) is 6.42 Å². The molecule has 0 saturated carbocycles. The molecule has 1 aromatic heterocycles. The van der Waals surface area contributed by atoms with E-state index in [1.54, 1.807) is 0 Å². The molecule has 1 N–H and O–H groups in total. The monoisotopic (exact) mass is 357 g/mol. The van der Waals surface area contributed by atoms with Crippen molar-refractivity contribution in [2.45, 2.75) is 19.9 Å². The number of carboxylic acids is 1. The number of halogens is 1. The van der Waals surface area contributed by atoms with E-state index in [0.717, 1.165) is 33.2 Å². The largest absolute Gasteiger partial charge is 0.481 e. The second-order valence-electron chi connectivity index (χ2n) is 5.37. The maximum absolute atomic E-state index is 11.2. The molecule has 0 saturated heterocycles. The van der Waals surface area contributed by atoms with E-state index in [0.29, 0.717) is 0 Å². The normalized spacial score (nSPS) is 11.0. The number of hydrogen-bond donors (Lipinski definition) is 1. The van der Waals surface area contributed by atoms with Crippen molar-refractivity contribution in [2.75, 3.05) is 0 Å². The molecule has 0 fully saturated rings. The van der Waals surface area contributed by atoms with Crippen molar-refractivity contribution >= 4 is 32.8 Å². The fraction of sp³-hybridized carbons (Fsp3) is 0.167. The Balaban J connectivity index is 2.17. The van der Waals surface area contributed by atoms with Gasteiger partial charge < -0.3 is 9.67 Å². The Labute approximate surface area is 137 Å². The van der Waals surface area contributed by atoms with Gasteiger partial charge in [0.05, 0.1) is 6.42 Å². The third kappa shape index (κ3) is 2.79. The highest BCUT2D eigenvalue weighted by atomic mass is 79.9. The Bertz CT molecular complexity index is 837. The van der Waals surface area contributed by atoms with Crippen LogP contribution in [0, 0.1) is 6.92 Å². The van der Waals surface area contributed by atoms with Crippen molar-refractivity contribution in [3.63, 3.8) is 0 Å². The van der Waals surface area contributed by atoms with Gasteiger partial charge in [0.1, 0.15) is 0 Å². The first-order chi connectivity index (χ1) is 10.6. The standard InChI is InChI=1S/C18H16BrNO2/c1-12-15(10-18(21)22)16-9-14(19)7-8-17(16)20(12)11-13-5-3-2-4-6-13/h2-9H,10-11H2,1H3,(H,21,22). The highest BCUT2D eigenvalue weighted by Crippen LogP contribution is 2.29. The molecule has 112 valence electrons. The van der Waals surface area contributed by atoms with Gasteiger partial charge in [0.25, 0.3) is 0 Å². The summed E-state index contributed by atoms with van der Waals surface area (Å²) in [5.41, 5.74) is 4.17. The Kier molecular flexibility index (Phi) is 4.03. The zero-order valence-corrected chi connectivity index (χ0v) is 13.8. The molecule has 1 heterocycles. The number of fused-ring (bicyclic) bond motifs is 1. The average molecular weight is 358 g/mol. The topological polar surface area (TPSA) is 42.2 Å². The lowest BCUT2D eigenvalue weighted by molar-refractivity contribution is -0.136. The van der Waals surface area contributed by atoms with Crippen LogP contribution in [0.5, 0.6) is 0 Å². The summed E-state index contributed by atoms with van der Waals surface area (Å²) in [6, 6.07) is 16.2. The number of carboxylic acid groups (broad SMARTS) is 1. The van der Waals surface area contributed by atoms with Gasteiger partial charge in [-0.3, -0.25) is 4.79 Å². The SMILES string of the molecule is Cc1c(CC(=O)O)c2cc(Br)ccc2n1Cc1ccccc1. The van der Waals surface area contributed by atoms with Gasteiger partial charge in [-0.2, -0.15) is 0 Å². The first kappa shape index (κ1) is 14.9. The summed E-state index contributed by atoms with van der Waals surface area (Å²) in [4.78, 5) is 11.2. The van der Waals surface area contributed by atoms with Gasteiger partial charge >= 0.3 is 5.97 Å². The maximum atomic E-state index is 11.2. The van der Waals surface area contributed by atoms with Crippen molar-refractivity contribution in [1.29, 1.82) is 0 Å². The Hall–Kier alpha value is -2.07. The number of rotatable bonds is 4. The summed E-state index contributed by atoms with van der Waals surface area (Å²) >= 11 is 3.48. The molecule has 0 unspecified atom stereocenters. The van der Waals surface area contributed by atoms with E-state index in [4.69, 9.17) is 0 Å². The second-order valence-corrected chi connectivity index (χ2v) is 6.28. The molecule has 22 heavy (non-hydrogen) atoms. The van der Waals surface area contributed by atoms with Crippen LogP contribution in [0.15, 0.2) is 53.0 Å². The zero-order valence-electron chi connectivity index (χ0n) is 12.2. The Morgan fingerprint density at radius 3 is 2.59 bits per heavy atom. The molecule has 0 aliphatic heterocycles. The van der Waals surface area contributed by atoms with Gasteiger partial charge in [-0.15, -0.1) is 0 Å². The van der Waals surface area contributed by atoms with Gasteiger partial charge in [0.2, 0.25) is 0 Å². The third-order valence-electron chi connectivity index (χ3n) is 3.93. The fourth-order valence-corrected chi connectivity index (χ4v) is 3.23. The lowest BCUT2D eigenvalue weighted by atomic mass is 10.1. The maximum Gasteiger partial charge on any atom is 0.307 e. The van der Waals surface area contributed by atoms with Gasteiger partial charge in [0.15, 0.2) is 0 Å². The summed E-state index contributed by atoms with van der Waals surface area (Å²) in [6.07, 6.45) is 0.0422. The number of benzene rings is 2. The number of aromatic nitrogens is 1. The quantitative estimate of drug-likeness (QED) is 0.752. The van der Waals surface area contributed by atoms with E-state index >= 15 is 0 Å². The molecule has 0 atom stereocenters. The number of aliphatic carboxylic acids is 1. The van der Waals surface area contributed by atoms with E-state index in [1.165, 1.54) is 5.56 Å². The van der Waals surface area contributed by atoms with Crippen LogP contribution < -0.4 is 0 Å². The minimum atomic E-state index is -0.804. The van der Waals surface area contributed by atoms with Gasteiger partial charge in [-0.05, 0) is 36.2 Å². The summed E-state index contributed by atoms with van der Waals surface area (Å²) in [5, 5.41) is 10.2. The fourth-order valence-electron chi connectivity index (χ4n) is 2.87. The summed E-state index contributed by atoms with van der Waals surface area (Å²) < 4.78 is 3.15. The molecule has 3 aromatic rings. The number of carbonyl (C=O) groups is 1. The smallest absolute Gasteiger partial charge is 0.307 e. The first-order valence-corrected chi connectivity index (χ1v) is 7.88. The molecule has 3 rings (SSSR count). The van der Waals surface area contributed by atoms with Crippen molar-refractivity contribution in [3.05, 3.63) is 69.8 Å². The van der Waals surface area contributed by atoms with Crippen molar-refractivity contribution in [1.82, 2.24) is 4.57 Å². The molecule has 4 heteroatoms. The molecule has 0 aliphatic rings. The van der Waals surface area contributed by atoms with Crippen LogP contribution in [-0.2, 0) is 17.8 Å². The van der Waals surface area contributed by atoms with E-state index < -0.39 is 5.97 Å². The third-order valence-corrected chi connectivity index (χ3v) is 4.42. The molecular formula is C18H16BrNO2. The lowest BCUT2D eigenvalue weighted by Gasteiger charge is -2.09. The Morgan fingerprint density at radius 2 is 1.91 bits per heavy atom. The van der Waals surface area contributed by atoms with Crippen LogP contribution in [0.1, 0.15) is 16.8 Å².